The smallest absolute Gasteiger partial charge is 0.258 e. The lowest BCUT2D eigenvalue weighted by Crippen LogP contribution is -2.61. The van der Waals surface area contributed by atoms with Crippen molar-refractivity contribution in [2.75, 3.05) is 69.8 Å². The number of thioether (sulfide) groups is 1. The highest BCUT2D eigenvalue weighted by molar-refractivity contribution is 8.00. The first-order valence-corrected chi connectivity index (χ1v) is 24.1. The zero-order chi connectivity index (χ0) is 46.5. The normalized spacial score (nSPS) is 22.5. The summed E-state index contributed by atoms with van der Waals surface area (Å²) in [5.41, 5.74) is -0.0179. The van der Waals surface area contributed by atoms with Gasteiger partial charge < -0.3 is 40.9 Å². The zero-order valence-electron chi connectivity index (χ0n) is 37.4. The number of amides is 4. The number of hydrogen-bond acceptors (Lipinski definition) is 12. The monoisotopic (exact) mass is 955 g/mol. The highest BCUT2D eigenvalue weighted by Gasteiger charge is 2.54. The van der Waals surface area contributed by atoms with Crippen LogP contribution in [-0.4, -0.2) is 141 Å². The second-order valence-corrected chi connectivity index (χ2v) is 20.7. The number of halogens is 3. The molecule has 0 spiro atoms. The van der Waals surface area contributed by atoms with Gasteiger partial charge in [0.2, 0.25) is 17.8 Å². The van der Waals surface area contributed by atoms with Crippen LogP contribution in [0.25, 0.3) is 0 Å². The number of nitrogens with zero attached hydrogens (tertiary/aromatic N) is 5. The number of aliphatic hydroxyl groups excluding tert-OH is 1. The number of likely N-dealkylation sites (tertiary alicyclic amines) is 1. The third kappa shape index (κ3) is 12.1. The average Bonchev–Trinajstić information content (AvgIpc) is 3.95. The Hall–Kier alpha value is -4.42. The maximum atomic E-state index is 15.1. The van der Waals surface area contributed by atoms with Crippen molar-refractivity contribution >= 4 is 76.0 Å². The molecule has 3 aromatic rings. The van der Waals surface area contributed by atoms with Gasteiger partial charge in [-0.3, -0.25) is 24.1 Å². The fourth-order valence-corrected chi connectivity index (χ4v) is 10.5. The Balaban J connectivity index is 0.882. The quantitative estimate of drug-likeness (QED) is 0.108. The molecule has 0 unspecified atom stereocenters. The van der Waals surface area contributed by atoms with E-state index < -0.39 is 46.3 Å². The number of aliphatic hydroxyl groups is 1. The molecule has 19 heteroatoms. The maximum Gasteiger partial charge on any atom is 0.258 e. The van der Waals surface area contributed by atoms with Gasteiger partial charge in [0.15, 0.2) is 5.67 Å². The molecule has 352 valence electrons. The van der Waals surface area contributed by atoms with Crippen LogP contribution in [0.4, 0.5) is 21.8 Å². The number of hydrogen-bond donors (Lipinski definition) is 5. The van der Waals surface area contributed by atoms with Crippen molar-refractivity contribution in [3.63, 3.8) is 0 Å². The highest BCUT2D eigenvalue weighted by Crippen LogP contribution is 2.42. The number of β-amino-alcohol motifs (C(OH)–C–C–N with tert-alkyl or cyclic N) is 1. The van der Waals surface area contributed by atoms with Gasteiger partial charge >= 0.3 is 0 Å². The Morgan fingerprint density at radius 2 is 1.71 bits per heavy atom. The number of carbonyl (C=O) groups excluding carboxylic acids is 4. The fraction of sp³-hybridized carbons (Fsp3) is 0.565. The molecule has 7 rings (SSSR count). The number of ether oxygens (including phenoxy) is 1. The molecule has 0 radical (unpaired) electrons. The Kier molecular flexibility index (Phi) is 15.7. The SMILES string of the molecule is CNc1nc(Nc2ccc(C(=O)N3CCN(CC4CCC(CSC(C)(C)[C@H](NC(=O)C5(F)CC5)C(=O)N5C[C@H](O)C[C@H]5C(=O)NCc5ccc(Cl)cc5)CC4)CC3)cc2OC)ncc1Cl. The summed E-state index contributed by atoms with van der Waals surface area (Å²) in [4.78, 5) is 68.9. The van der Waals surface area contributed by atoms with Crippen molar-refractivity contribution in [3.8, 4) is 5.75 Å². The molecular formula is C46H60Cl2FN9O6S. The van der Waals surface area contributed by atoms with E-state index in [1.165, 1.54) is 11.1 Å². The summed E-state index contributed by atoms with van der Waals surface area (Å²) in [6.45, 7) is 7.70. The predicted molar refractivity (Wildman–Crippen MR) is 252 cm³/mol. The second kappa shape index (κ2) is 21.0. The summed E-state index contributed by atoms with van der Waals surface area (Å²) in [5, 5.41) is 23.3. The zero-order valence-corrected chi connectivity index (χ0v) is 39.7. The molecule has 3 heterocycles. The minimum absolute atomic E-state index is 0.0514. The lowest BCUT2D eigenvalue weighted by Gasteiger charge is -2.40. The summed E-state index contributed by atoms with van der Waals surface area (Å²) >= 11 is 13.7. The van der Waals surface area contributed by atoms with Crippen molar-refractivity contribution in [1.29, 1.82) is 0 Å². The Morgan fingerprint density at radius 1 is 1.02 bits per heavy atom. The van der Waals surface area contributed by atoms with Gasteiger partial charge in [0, 0.05) is 74.6 Å². The van der Waals surface area contributed by atoms with Crippen LogP contribution in [0.2, 0.25) is 10.0 Å². The van der Waals surface area contributed by atoms with Crippen molar-refractivity contribution in [3.05, 3.63) is 69.8 Å². The molecule has 4 amide bonds. The fourth-order valence-electron chi connectivity index (χ4n) is 8.84. The highest BCUT2D eigenvalue weighted by atomic mass is 35.5. The molecule has 1 aromatic heterocycles. The number of rotatable bonds is 17. The van der Waals surface area contributed by atoms with Gasteiger partial charge in [-0.1, -0.05) is 35.3 Å². The summed E-state index contributed by atoms with van der Waals surface area (Å²) < 4.78 is 19.8. The lowest BCUT2D eigenvalue weighted by molar-refractivity contribution is -0.143. The van der Waals surface area contributed by atoms with Crippen molar-refractivity contribution in [1.82, 2.24) is 35.3 Å². The number of piperazine rings is 1. The van der Waals surface area contributed by atoms with Crippen LogP contribution < -0.4 is 26.0 Å². The minimum atomic E-state index is -1.99. The van der Waals surface area contributed by atoms with E-state index in [0.29, 0.717) is 63.7 Å². The molecule has 0 bridgehead atoms. The van der Waals surface area contributed by atoms with Crippen molar-refractivity contribution < 1.29 is 33.4 Å². The number of nitrogens with one attached hydrogen (secondary N) is 4. The molecule has 15 nitrogen and oxygen atoms in total. The number of carbonyl (C=O) groups is 4. The number of methoxy groups -OCH3 is 1. The van der Waals surface area contributed by atoms with Crippen LogP contribution in [0.3, 0.4) is 0 Å². The van der Waals surface area contributed by atoms with Gasteiger partial charge in [-0.25, -0.2) is 9.37 Å². The number of benzene rings is 2. The van der Waals surface area contributed by atoms with Crippen LogP contribution in [0, 0.1) is 11.8 Å². The summed E-state index contributed by atoms with van der Waals surface area (Å²) in [6, 6.07) is 10.3. The van der Waals surface area contributed by atoms with Crippen LogP contribution in [-0.2, 0) is 20.9 Å². The molecule has 2 aliphatic heterocycles. The van der Waals surface area contributed by atoms with Crippen molar-refractivity contribution in [2.45, 2.75) is 93.9 Å². The minimum Gasteiger partial charge on any atom is -0.495 e. The molecule has 2 saturated heterocycles. The van der Waals surface area contributed by atoms with Gasteiger partial charge in [0.05, 0.1) is 25.1 Å². The van der Waals surface area contributed by atoms with Gasteiger partial charge in [-0.05, 0) is 106 Å². The maximum absolute atomic E-state index is 15.1. The van der Waals surface area contributed by atoms with Gasteiger partial charge in [0.1, 0.15) is 28.7 Å². The molecule has 4 fully saturated rings. The van der Waals surface area contributed by atoms with Gasteiger partial charge in [-0.15, -0.1) is 0 Å². The molecular weight excluding hydrogens is 897 g/mol. The molecule has 2 saturated carbocycles. The van der Waals surface area contributed by atoms with Crippen LogP contribution >= 0.6 is 35.0 Å². The largest absolute Gasteiger partial charge is 0.495 e. The van der Waals surface area contributed by atoms with Crippen LogP contribution in [0.5, 0.6) is 5.75 Å². The summed E-state index contributed by atoms with van der Waals surface area (Å²) in [7, 11) is 3.27. The van der Waals surface area contributed by atoms with E-state index in [9.17, 15) is 24.3 Å². The van der Waals surface area contributed by atoms with Crippen LogP contribution in [0.15, 0.2) is 48.7 Å². The third-order valence-corrected chi connectivity index (χ3v) is 15.2. The second-order valence-electron chi connectivity index (χ2n) is 18.2. The molecule has 4 aliphatic rings. The third-order valence-electron chi connectivity index (χ3n) is 13.1. The van der Waals surface area contributed by atoms with E-state index in [-0.39, 0.29) is 38.3 Å². The standard InChI is InChI=1S/C46H60Cl2FN9O6S/c1-45(2,38(54-43(63)46(49)15-16-46)42(62)58-26-33(59)22-36(58)40(60)51-23-28-9-12-32(47)13-10-28)65-27-30-7-5-29(6-8-30)25-56-17-19-57(20-18-56)41(61)31-11-14-35(37(21-31)64-4)53-44-52-24-34(48)39(50-3)55-44/h9-14,21,24,29-30,33,36,38,59H,5-8,15-20,22-23,25-27H2,1-4H3,(H,51,60)(H,54,63)(H2,50,52,53,55)/t29?,30?,33-,36+,38-/m1/s1. The number of aromatic nitrogens is 2. The Labute approximate surface area is 394 Å². The first-order valence-electron chi connectivity index (χ1n) is 22.4. The molecule has 2 aliphatic carbocycles. The number of alkyl halides is 1. The molecule has 3 atom stereocenters. The van der Waals surface area contributed by atoms with E-state index >= 15 is 4.39 Å². The predicted octanol–water partition coefficient (Wildman–Crippen LogP) is 5.92. The van der Waals surface area contributed by atoms with E-state index in [0.717, 1.165) is 56.6 Å². The lowest BCUT2D eigenvalue weighted by atomic mass is 9.82. The number of anilines is 3. The van der Waals surface area contributed by atoms with E-state index in [1.54, 1.807) is 68.4 Å². The summed E-state index contributed by atoms with van der Waals surface area (Å²) in [6.07, 6.45) is 5.01. The topological polar surface area (TPSA) is 181 Å². The summed E-state index contributed by atoms with van der Waals surface area (Å²) in [5.74, 6) is 1.21. The van der Waals surface area contributed by atoms with Crippen molar-refractivity contribution in [2.24, 2.45) is 11.8 Å². The van der Waals surface area contributed by atoms with Gasteiger partial charge in [0.25, 0.3) is 11.8 Å². The first-order chi connectivity index (χ1) is 31.0. The van der Waals surface area contributed by atoms with Gasteiger partial charge in [-0.2, -0.15) is 16.7 Å². The van der Waals surface area contributed by atoms with E-state index in [2.05, 4.69) is 36.1 Å². The molecule has 65 heavy (non-hydrogen) atoms. The van der Waals surface area contributed by atoms with E-state index in [4.69, 9.17) is 27.9 Å². The van der Waals surface area contributed by atoms with Crippen LogP contribution in [0.1, 0.15) is 74.7 Å². The molecule has 2 aromatic carbocycles. The first kappa shape index (κ1) is 48.5. The Bertz CT molecular complexity index is 2190. The Morgan fingerprint density at radius 3 is 2.37 bits per heavy atom. The average molecular weight is 957 g/mol. The van der Waals surface area contributed by atoms with E-state index in [1.807, 2.05) is 18.7 Å². The molecule has 5 N–H and O–H groups in total.